The molecule has 11 heteroatoms. The molecule has 0 saturated heterocycles. The van der Waals surface area contributed by atoms with E-state index in [1.165, 1.54) is 18.2 Å². The molecule has 4 aromatic rings. The van der Waals surface area contributed by atoms with Crippen molar-refractivity contribution in [2.24, 2.45) is 0 Å². The molecule has 2 heterocycles. The number of sulfonamides is 1. The SMILES string of the molecule is CCn1c(=O)sc2cc(NC(=O)C3CN(S(=O)(=O)c4ccc(C)cc4)c4cc(Cl)ccc4O3)ccc21. The van der Waals surface area contributed by atoms with E-state index < -0.39 is 22.0 Å². The minimum absolute atomic E-state index is 0.0705. The first kappa shape index (κ1) is 24.4. The predicted molar refractivity (Wildman–Crippen MR) is 142 cm³/mol. The maximum Gasteiger partial charge on any atom is 0.308 e. The predicted octanol–water partition coefficient (Wildman–Crippen LogP) is 4.64. The van der Waals surface area contributed by atoms with E-state index in [-0.39, 0.29) is 27.8 Å². The van der Waals surface area contributed by atoms with Crippen molar-refractivity contribution in [2.45, 2.75) is 31.4 Å². The first-order chi connectivity index (χ1) is 17.2. The third-order valence-electron chi connectivity index (χ3n) is 5.94. The van der Waals surface area contributed by atoms with Crippen molar-refractivity contribution in [3.63, 3.8) is 0 Å². The maximum atomic E-state index is 13.6. The lowest BCUT2D eigenvalue weighted by Gasteiger charge is -2.34. The number of ether oxygens (including phenoxy) is 1. The van der Waals surface area contributed by atoms with E-state index in [2.05, 4.69) is 5.32 Å². The highest BCUT2D eigenvalue weighted by atomic mass is 35.5. The number of thiazole rings is 1. The number of hydrogen-bond donors (Lipinski definition) is 1. The lowest BCUT2D eigenvalue weighted by atomic mass is 10.2. The van der Waals surface area contributed by atoms with Crippen molar-refractivity contribution >= 4 is 60.5 Å². The van der Waals surface area contributed by atoms with E-state index in [1.807, 2.05) is 13.8 Å². The number of hydrogen-bond acceptors (Lipinski definition) is 6. The van der Waals surface area contributed by atoms with E-state index in [9.17, 15) is 18.0 Å². The molecule has 0 aliphatic carbocycles. The summed E-state index contributed by atoms with van der Waals surface area (Å²) in [5.74, 6) is -0.281. The molecule has 0 bridgehead atoms. The second-order valence-corrected chi connectivity index (χ2v) is 11.6. The zero-order valence-electron chi connectivity index (χ0n) is 19.4. The molecule has 36 heavy (non-hydrogen) atoms. The Hall–Kier alpha value is -3.34. The Balaban J connectivity index is 1.47. The van der Waals surface area contributed by atoms with Gasteiger partial charge in [0.1, 0.15) is 5.75 Å². The van der Waals surface area contributed by atoms with Crippen LogP contribution in [0.4, 0.5) is 11.4 Å². The van der Waals surface area contributed by atoms with Gasteiger partial charge >= 0.3 is 4.87 Å². The molecule has 1 aliphatic heterocycles. The van der Waals surface area contributed by atoms with Gasteiger partial charge in [0.05, 0.1) is 27.3 Å². The van der Waals surface area contributed by atoms with Gasteiger partial charge in [-0.3, -0.25) is 18.5 Å². The van der Waals surface area contributed by atoms with E-state index in [0.717, 1.165) is 31.4 Å². The molecule has 0 fully saturated rings. The van der Waals surface area contributed by atoms with E-state index in [0.29, 0.717) is 17.3 Å². The Morgan fingerprint density at radius 2 is 1.89 bits per heavy atom. The van der Waals surface area contributed by atoms with Crippen molar-refractivity contribution in [3.8, 4) is 5.75 Å². The number of nitrogens with one attached hydrogen (secondary N) is 1. The topological polar surface area (TPSA) is 97.7 Å². The third-order valence-corrected chi connectivity index (χ3v) is 8.91. The summed E-state index contributed by atoms with van der Waals surface area (Å²) in [5.41, 5.74) is 2.46. The Kier molecular flexibility index (Phi) is 6.27. The summed E-state index contributed by atoms with van der Waals surface area (Å²) < 4.78 is 36.6. The molecule has 1 unspecified atom stereocenters. The molecule has 1 amide bonds. The van der Waals surface area contributed by atoms with E-state index in [4.69, 9.17) is 16.3 Å². The first-order valence-electron chi connectivity index (χ1n) is 11.2. The van der Waals surface area contributed by atoms with Crippen LogP contribution in [-0.2, 0) is 21.4 Å². The lowest BCUT2D eigenvalue weighted by molar-refractivity contribution is -0.122. The zero-order chi connectivity index (χ0) is 25.6. The fourth-order valence-corrected chi connectivity index (χ4v) is 6.72. The van der Waals surface area contributed by atoms with E-state index >= 15 is 0 Å². The number of carbonyl (C=O) groups excluding carboxylic acids is 1. The van der Waals surface area contributed by atoms with Crippen molar-refractivity contribution in [1.29, 1.82) is 0 Å². The van der Waals surface area contributed by atoms with Crippen LogP contribution in [0.5, 0.6) is 5.75 Å². The minimum Gasteiger partial charge on any atom is -0.476 e. The van der Waals surface area contributed by atoms with Crippen LogP contribution in [0.2, 0.25) is 5.02 Å². The monoisotopic (exact) mass is 543 g/mol. The number of benzene rings is 3. The Morgan fingerprint density at radius 1 is 1.14 bits per heavy atom. The molecule has 1 N–H and O–H groups in total. The number of fused-ring (bicyclic) bond motifs is 2. The number of rotatable bonds is 5. The van der Waals surface area contributed by atoms with Gasteiger partial charge in [-0.1, -0.05) is 40.6 Å². The first-order valence-corrected chi connectivity index (χ1v) is 13.8. The van der Waals surface area contributed by atoms with Crippen molar-refractivity contribution < 1.29 is 17.9 Å². The van der Waals surface area contributed by atoms with Crippen molar-refractivity contribution in [3.05, 3.63) is 80.9 Å². The van der Waals surface area contributed by atoms with Gasteiger partial charge in [0.15, 0.2) is 6.10 Å². The molecule has 1 aliphatic rings. The van der Waals surface area contributed by atoms with Gasteiger partial charge in [0.25, 0.3) is 15.9 Å². The summed E-state index contributed by atoms with van der Waals surface area (Å²) in [7, 11) is -4.00. The highest BCUT2D eigenvalue weighted by molar-refractivity contribution is 7.92. The average molecular weight is 544 g/mol. The van der Waals surface area contributed by atoms with Crippen molar-refractivity contribution in [1.82, 2.24) is 4.57 Å². The summed E-state index contributed by atoms with van der Waals surface area (Å²) in [4.78, 5) is 25.4. The Morgan fingerprint density at radius 3 is 2.61 bits per heavy atom. The normalized spacial score (nSPS) is 15.4. The molecule has 1 aromatic heterocycles. The number of amides is 1. The van der Waals surface area contributed by atoms with Crippen LogP contribution < -0.4 is 19.2 Å². The van der Waals surface area contributed by atoms with Crippen LogP contribution in [0.1, 0.15) is 12.5 Å². The fraction of sp³-hybridized carbons (Fsp3) is 0.200. The van der Waals surface area contributed by atoms with E-state index in [1.54, 1.807) is 47.0 Å². The lowest BCUT2D eigenvalue weighted by Crippen LogP contribution is -2.48. The Labute approximate surface area is 216 Å². The molecule has 186 valence electrons. The van der Waals surface area contributed by atoms with Gasteiger partial charge < -0.3 is 10.1 Å². The smallest absolute Gasteiger partial charge is 0.308 e. The largest absolute Gasteiger partial charge is 0.476 e. The van der Waals surface area contributed by atoms with Crippen LogP contribution in [0.25, 0.3) is 10.2 Å². The molecular formula is C25H22ClN3O5S2. The summed E-state index contributed by atoms with van der Waals surface area (Å²) >= 11 is 7.26. The second kappa shape index (κ2) is 9.27. The quantitative estimate of drug-likeness (QED) is 0.395. The standard InChI is InChI=1S/C25H22ClN3O5S2/c1-3-28-19-10-7-17(13-23(19)35-25(28)31)27-24(30)22-14-29(20-12-16(26)6-11-21(20)34-22)36(32,33)18-8-4-15(2)5-9-18/h4-13,22H,3,14H2,1-2H3,(H,27,30). The molecule has 0 radical (unpaired) electrons. The molecule has 3 aromatic carbocycles. The number of anilines is 2. The Bertz CT molecular complexity index is 1640. The molecule has 8 nitrogen and oxygen atoms in total. The minimum atomic E-state index is -4.00. The van der Waals surface area contributed by atoms with Gasteiger partial charge in [-0.15, -0.1) is 0 Å². The van der Waals surface area contributed by atoms with Crippen LogP contribution in [-0.4, -0.2) is 31.5 Å². The fourth-order valence-electron chi connectivity index (χ4n) is 4.09. The summed E-state index contributed by atoms with van der Waals surface area (Å²) in [6.45, 7) is 4.07. The number of aryl methyl sites for hydroxylation is 2. The average Bonchev–Trinajstić information content (AvgIpc) is 3.17. The molecule has 5 rings (SSSR count). The van der Waals surface area contributed by atoms with Gasteiger partial charge in [0.2, 0.25) is 0 Å². The molecule has 0 spiro atoms. The molecule has 0 saturated carbocycles. The van der Waals surface area contributed by atoms with Crippen molar-refractivity contribution in [2.75, 3.05) is 16.2 Å². The highest BCUT2D eigenvalue weighted by Crippen LogP contribution is 2.39. The number of halogens is 1. The van der Waals surface area contributed by atoms with Crippen LogP contribution in [0.3, 0.4) is 0 Å². The number of carbonyl (C=O) groups is 1. The maximum absolute atomic E-state index is 13.6. The summed E-state index contributed by atoms with van der Waals surface area (Å²) in [5, 5.41) is 3.14. The molecular weight excluding hydrogens is 522 g/mol. The number of nitrogens with zero attached hydrogens (tertiary/aromatic N) is 2. The highest BCUT2D eigenvalue weighted by Gasteiger charge is 2.38. The van der Waals surface area contributed by atoms with Gasteiger partial charge in [-0.2, -0.15) is 0 Å². The molecule has 1 atom stereocenters. The van der Waals surface area contributed by atoms with Gasteiger partial charge in [-0.25, -0.2) is 8.42 Å². The van der Waals surface area contributed by atoms with Gasteiger partial charge in [-0.05, 0) is 62.4 Å². The number of aromatic nitrogens is 1. The van der Waals surface area contributed by atoms with Gasteiger partial charge in [0, 0.05) is 17.3 Å². The summed E-state index contributed by atoms with van der Waals surface area (Å²) in [6, 6.07) is 16.3. The second-order valence-electron chi connectivity index (χ2n) is 8.35. The zero-order valence-corrected chi connectivity index (χ0v) is 21.8. The van der Waals surface area contributed by atoms with Crippen LogP contribution >= 0.6 is 22.9 Å². The van der Waals surface area contributed by atoms with Crippen LogP contribution in [0, 0.1) is 6.92 Å². The summed E-state index contributed by atoms with van der Waals surface area (Å²) in [6.07, 6.45) is -1.12. The van der Waals surface area contributed by atoms with Crippen LogP contribution in [0.15, 0.2) is 70.4 Å². The third kappa shape index (κ3) is 4.36.